The maximum atomic E-state index is 12.2. The molecular formula is C15H22N2O4. The van der Waals surface area contributed by atoms with Crippen molar-refractivity contribution in [1.82, 2.24) is 9.80 Å². The van der Waals surface area contributed by atoms with Gasteiger partial charge in [0.15, 0.2) is 0 Å². The predicted octanol–water partition coefficient (Wildman–Crippen LogP) is 1.11. The minimum atomic E-state index is -0.741. The number of methoxy groups -OCH3 is 1. The van der Waals surface area contributed by atoms with Crippen LogP contribution in [-0.2, 0) is 4.74 Å². The number of benzene rings is 1. The van der Waals surface area contributed by atoms with Gasteiger partial charge < -0.3 is 24.4 Å². The number of rotatable bonds is 4. The molecule has 6 nitrogen and oxygen atoms in total. The van der Waals surface area contributed by atoms with E-state index in [0.717, 1.165) is 5.56 Å². The van der Waals surface area contributed by atoms with Crippen LogP contribution in [-0.4, -0.2) is 67.9 Å². The molecule has 21 heavy (non-hydrogen) atoms. The van der Waals surface area contributed by atoms with E-state index in [1.165, 1.54) is 4.90 Å². The van der Waals surface area contributed by atoms with Crippen LogP contribution in [0.15, 0.2) is 24.3 Å². The first kappa shape index (κ1) is 15.6. The number of hydrogen-bond donors (Lipinski definition) is 1. The van der Waals surface area contributed by atoms with Gasteiger partial charge in [-0.25, -0.2) is 4.79 Å². The Kier molecular flexibility index (Phi) is 5.41. The molecule has 1 atom stereocenters. The second kappa shape index (κ2) is 7.28. The van der Waals surface area contributed by atoms with Gasteiger partial charge in [-0.2, -0.15) is 0 Å². The summed E-state index contributed by atoms with van der Waals surface area (Å²) in [5.41, 5.74) is 0.732. The highest BCUT2D eigenvalue weighted by atomic mass is 16.5. The number of urea groups is 1. The van der Waals surface area contributed by atoms with Gasteiger partial charge >= 0.3 is 6.03 Å². The fraction of sp³-hybridized carbons (Fsp3) is 0.533. The molecule has 1 saturated heterocycles. The van der Waals surface area contributed by atoms with Gasteiger partial charge in [0, 0.05) is 20.1 Å². The van der Waals surface area contributed by atoms with E-state index >= 15 is 0 Å². The van der Waals surface area contributed by atoms with Crippen molar-refractivity contribution in [3.63, 3.8) is 0 Å². The summed E-state index contributed by atoms with van der Waals surface area (Å²) in [6, 6.07) is 7.15. The topological polar surface area (TPSA) is 62.2 Å². The molecule has 0 radical (unpaired) electrons. The van der Waals surface area contributed by atoms with E-state index in [9.17, 15) is 9.90 Å². The second-order valence-electron chi connectivity index (χ2n) is 5.05. The second-order valence-corrected chi connectivity index (χ2v) is 5.05. The summed E-state index contributed by atoms with van der Waals surface area (Å²) < 4.78 is 10.4. The smallest absolute Gasteiger partial charge is 0.320 e. The fourth-order valence-corrected chi connectivity index (χ4v) is 2.29. The zero-order valence-corrected chi connectivity index (χ0v) is 12.5. The molecular weight excluding hydrogens is 272 g/mol. The molecule has 0 bridgehead atoms. The first-order valence-electron chi connectivity index (χ1n) is 7.01. The molecule has 0 aromatic heterocycles. The van der Waals surface area contributed by atoms with Crippen LogP contribution in [0, 0.1) is 0 Å². The van der Waals surface area contributed by atoms with Gasteiger partial charge in [-0.1, -0.05) is 12.1 Å². The summed E-state index contributed by atoms with van der Waals surface area (Å²) in [5, 5.41) is 10.3. The average molecular weight is 294 g/mol. The normalized spacial score (nSPS) is 16.4. The third kappa shape index (κ3) is 4.09. The third-order valence-electron chi connectivity index (χ3n) is 3.53. The number of carbonyl (C=O) groups excluding carboxylic acids is 1. The van der Waals surface area contributed by atoms with Crippen LogP contribution in [0.4, 0.5) is 4.79 Å². The molecule has 2 rings (SSSR count). The van der Waals surface area contributed by atoms with Crippen molar-refractivity contribution in [3.8, 4) is 5.75 Å². The van der Waals surface area contributed by atoms with Crippen molar-refractivity contribution >= 4 is 6.03 Å². The van der Waals surface area contributed by atoms with E-state index < -0.39 is 6.10 Å². The van der Waals surface area contributed by atoms with Crippen molar-refractivity contribution in [2.24, 2.45) is 0 Å². The number of aliphatic hydroxyl groups is 1. The van der Waals surface area contributed by atoms with Gasteiger partial charge in [0.1, 0.15) is 5.75 Å². The zero-order valence-electron chi connectivity index (χ0n) is 12.5. The molecule has 1 N–H and O–H groups in total. The van der Waals surface area contributed by atoms with E-state index in [0.29, 0.717) is 32.1 Å². The van der Waals surface area contributed by atoms with Crippen LogP contribution in [0.1, 0.15) is 11.7 Å². The molecule has 0 saturated carbocycles. The van der Waals surface area contributed by atoms with Gasteiger partial charge in [-0.05, 0) is 17.7 Å². The van der Waals surface area contributed by atoms with E-state index in [4.69, 9.17) is 9.47 Å². The van der Waals surface area contributed by atoms with Crippen LogP contribution in [0.25, 0.3) is 0 Å². The monoisotopic (exact) mass is 294 g/mol. The summed E-state index contributed by atoms with van der Waals surface area (Å²) in [7, 11) is 3.28. The van der Waals surface area contributed by atoms with Gasteiger partial charge in [-0.15, -0.1) is 0 Å². The predicted molar refractivity (Wildman–Crippen MR) is 78.4 cm³/mol. The van der Waals surface area contributed by atoms with E-state index in [-0.39, 0.29) is 12.6 Å². The standard InChI is InChI=1S/C15H22N2O4/c1-16(15(19)17-6-8-21-9-7-17)11-14(18)12-4-3-5-13(10-12)20-2/h3-5,10,14,18H,6-9,11H2,1-2H3. The quantitative estimate of drug-likeness (QED) is 0.903. The summed E-state index contributed by atoms with van der Waals surface area (Å²) in [6.45, 7) is 2.57. The molecule has 0 aliphatic carbocycles. The van der Waals surface area contributed by atoms with Crippen LogP contribution < -0.4 is 4.74 Å². The Balaban J connectivity index is 1.94. The Morgan fingerprint density at radius 2 is 2.19 bits per heavy atom. The molecule has 1 fully saturated rings. The van der Waals surface area contributed by atoms with E-state index in [1.807, 2.05) is 18.2 Å². The van der Waals surface area contributed by atoms with E-state index in [2.05, 4.69) is 0 Å². The minimum Gasteiger partial charge on any atom is -0.497 e. The Bertz CT molecular complexity index is 474. The highest BCUT2D eigenvalue weighted by Gasteiger charge is 2.22. The molecule has 1 aliphatic heterocycles. The van der Waals surface area contributed by atoms with Crippen LogP contribution in [0.3, 0.4) is 0 Å². The number of amides is 2. The van der Waals surface area contributed by atoms with Crippen molar-refractivity contribution < 1.29 is 19.4 Å². The van der Waals surface area contributed by atoms with Gasteiger partial charge in [0.05, 0.1) is 33.0 Å². The lowest BCUT2D eigenvalue weighted by Crippen LogP contribution is -2.47. The number of morpholine rings is 1. The molecule has 0 spiro atoms. The minimum absolute atomic E-state index is 0.0831. The molecule has 2 amide bonds. The largest absolute Gasteiger partial charge is 0.497 e. The molecule has 1 aliphatic rings. The molecule has 1 aromatic carbocycles. The maximum absolute atomic E-state index is 12.2. The number of hydrogen-bond acceptors (Lipinski definition) is 4. The SMILES string of the molecule is COc1cccc(C(O)CN(C)C(=O)N2CCOCC2)c1. The van der Waals surface area contributed by atoms with Crippen LogP contribution in [0.2, 0.25) is 0 Å². The lowest BCUT2D eigenvalue weighted by Gasteiger charge is -2.31. The summed E-state index contributed by atoms with van der Waals surface area (Å²) >= 11 is 0. The Morgan fingerprint density at radius 1 is 1.48 bits per heavy atom. The lowest BCUT2D eigenvalue weighted by molar-refractivity contribution is 0.0407. The first-order chi connectivity index (χ1) is 10.1. The summed E-state index contributed by atoms with van der Waals surface area (Å²) in [4.78, 5) is 15.5. The Morgan fingerprint density at radius 3 is 2.86 bits per heavy atom. The van der Waals surface area contributed by atoms with Crippen molar-refractivity contribution in [2.45, 2.75) is 6.10 Å². The van der Waals surface area contributed by atoms with Crippen molar-refractivity contribution in [3.05, 3.63) is 29.8 Å². The van der Waals surface area contributed by atoms with E-state index in [1.54, 1.807) is 25.1 Å². The van der Waals surface area contributed by atoms with Gasteiger partial charge in [0.2, 0.25) is 0 Å². The number of aliphatic hydroxyl groups excluding tert-OH is 1. The maximum Gasteiger partial charge on any atom is 0.320 e. The number of carbonyl (C=O) groups is 1. The van der Waals surface area contributed by atoms with Gasteiger partial charge in [0.25, 0.3) is 0 Å². The number of nitrogens with zero attached hydrogens (tertiary/aromatic N) is 2. The highest BCUT2D eigenvalue weighted by molar-refractivity contribution is 5.74. The van der Waals surface area contributed by atoms with Crippen molar-refractivity contribution in [1.29, 1.82) is 0 Å². The van der Waals surface area contributed by atoms with Crippen LogP contribution >= 0.6 is 0 Å². The highest BCUT2D eigenvalue weighted by Crippen LogP contribution is 2.20. The molecule has 6 heteroatoms. The Labute approximate surface area is 124 Å². The van der Waals surface area contributed by atoms with Crippen LogP contribution in [0.5, 0.6) is 5.75 Å². The average Bonchev–Trinajstić information content (AvgIpc) is 2.54. The Hall–Kier alpha value is -1.79. The zero-order chi connectivity index (χ0) is 15.2. The summed E-state index contributed by atoms with van der Waals surface area (Å²) in [5.74, 6) is 0.689. The van der Waals surface area contributed by atoms with Crippen molar-refractivity contribution in [2.75, 3.05) is 47.0 Å². The number of likely N-dealkylation sites (N-methyl/N-ethyl adjacent to an activating group) is 1. The molecule has 1 heterocycles. The third-order valence-corrected chi connectivity index (χ3v) is 3.53. The molecule has 1 unspecified atom stereocenters. The fourth-order valence-electron chi connectivity index (χ4n) is 2.29. The number of ether oxygens (including phenoxy) is 2. The first-order valence-corrected chi connectivity index (χ1v) is 7.01. The molecule has 116 valence electrons. The lowest BCUT2D eigenvalue weighted by atomic mass is 10.1. The molecule has 1 aromatic rings. The van der Waals surface area contributed by atoms with Gasteiger partial charge in [-0.3, -0.25) is 0 Å². The summed E-state index contributed by atoms with van der Waals surface area (Å²) in [6.07, 6.45) is -0.741.